The number of carbonyl (C=O) groups excluding carboxylic acids is 3. The van der Waals surface area contributed by atoms with Gasteiger partial charge >= 0.3 is 5.97 Å². The second-order valence-electron chi connectivity index (χ2n) is 4.61. The first-order valence-corrected chi connectivity index (χ1v) is 6.12. The normalized spacial score (nSPS) is 15.0. The molecule has 8 heteroatoms. The molecule has 2 rings (SSSR count). The minimum Gasteiger partial charge on any atom is -0.480 e. The Morgan fingerprint density at radius 3 is 2.43 bits per heavy atom. The molecule has 1 aromatic rings. The summed E-state index contributed by atoms with van der Waals surface area (Å²) >= 11 is 0. The molecule has 1 heterocycles. The molecular formula is C13H13N3O5. The van der Waals surface area contributed by atoms with Crippen LogP contribution >= 0.6 is 0 Å². The van der Waals surface area contributed by atoms with E-state index in [2.05, 4.69) is 0 Å². The molecule has 0 fully saturated rings. The standard InChI is InChI=1S/C13H13N3O5/c14-7-3-1-2-6-10(7)12(19)16(11(6)18)8(13(20)21)4-5-9(15)17/h1-3,8H,4-5,14H2,(H2,15,17)(H,20,21)/t8-/m0/s1. The summed E-state index contributed by atoms with van der Waals surface area (Å²) in [6.07, 6.45) is -0.490. The number of carboxylic acid groups (broad SMARTS) is 1. The molecule has 0 aliphatic carbocycles. The maximum absolute atomic E-state index is 12.3. The first-order valence-electron chi connectivity index (χ1n) is 6.12. The molecule has 0 bridgehead atoms. The van der Waals surface area contributed by atoms with Gasteiger partial charge in [-0.05, 0) is 18.6 Å². The molecule has 1 aliphatic heterocycles. The fourth-order valence-electron chi connectivity index (χ4n) is 2.25. The fourth-order valence-corrected chi connectivity index (χ4v) is 2.25. The van der Waals surface area contributed by atoms with E-state index >= 15 is 0 Å². The number of carbonyl (C=O) groups is 4. The largest absolute Gasteiger partial charge is 0.480 e. The Morgan fingerprint density at radius 1 is 1.24 bits per heavy atom. The number of benzene rings is 1. The maximum atomic E-state index is 12.3. The van der Waals surface area contributed by atoms with Crippen molar-refractivity contribution in [3.63, 3.8) is 0 Å². The topological polar surface area (TPSA) is 144 Å². The summed E-state index contributed by atoms with van der Waals surface area (Å²) in [5.74, 6) is -3.61. The number of hydrogen-bond donors (Lipinski definition) is 3. The average Bonchev–Trinajstić information content (AvgIpc) is 2.64. The Kier molecular flexibility index (Phi) is 3.62. The SMILES string of the molecule is NC(=O)CC[C@@H](C(=O)O)N1C(=O)c2cccc(N)c2C1=O. The number of amides is 3. The predicted molar refractivity (Wildman–Crippen MR) is 71.2 cm³/mol. The second-order valence-corrected chi connectivity index (χ2v) is 4.61. The summed E-state index contributed by atoms with van der Waals surface area (Å²) in [4.78, 5) is 47.2. The third-order valence-electron chi connectivity index (χ3n) is 3.24. The highest BCUT2D eigenvalue weighted by atomic mass is 16.4. The summed E-state index contributed by atoms with van der Waals surface area (Å²) in [5, 5.41) is 9.20. The van der Waals surface area contributed by atoms with Crippen LogP contribution in [0.25, 0.3) is 0 Å². The molecule has 5 N–H and O–H groups in total. The van der Waals surface area contributed by atoms with Crippen molar-refractivity contribution in [2.24, 2.45) is 5.73 Å². The highest BCUT2D eigenvalue weighted by Gasteiger charge is 2.43. The Balaban J connectivity index is 2.38. The lowest BCUT2D eigenvalue weighted by Crippen LogP contribution is -2.45. The number of hydrogen-bond acceptors (Lipinski definition) is 5. The molecular weight excluding hydrogens is 278 g/mol. The first kappa shape index (κ1) is 14.5. The van der Waals surface area contributed by atoms with E-state index in [0.29, 0.717) is 4.90 Å². The summed E-state index contributed by atoms with van der Waals surface area (Å²) in [6, 6.07) is 2.90. The van der Waals surface area contributed by atoms with Gasteiger partial charge < -0.3 is 16.6 Å². The zero-order valence-corrected chi connectivity index (χ0v) is 10.9. The molecule has 0 radical (unpaired) electrons. The molecule has 0 saturated carbocycles. The van der Waals surface area contributed by atoms with E-state index in [1.807, 2.05) is 0 Å². The molecule has 0 spiro atoms. The van der Waals surface area contributed by atoms with Gasteiger partial charge in [-0.25, -0.2) is 4.79 Å². The van der Waals surface area contributed by atoms with Crippen LogP contribution in [0.1, 0.15) is 33.6 Å². The predicted octanol–water partition coefficient (Wildman–Crippen LogP) is -0.416. The number of nitrogens with zero attached hydrogens (tertiary/aromatic N) is 1. The molecule has 8 nitrogen and oxygen atoms in total. The van der Waals surface area contributed by atoms with Crippen molar-refractivity contribution < 1.29 is 24.3 Å². The van der Waals surface area contributed by atoms with Gasteiger partial charge in [-0.3, -0.25) is 19.3 Å². The van der Waals surface area contributed by atoms with Crippen molar-refractivity contribution in [1.29, 1.82) is 0 Å². The maximum Gasteiger partial charge on any atom is 0.326 e. The summed E-state index contributed by atoms with van der Waals surface area (Å²) < 4.78 is 0. The third kappa shape index (κ3) is 2.42. The Morgan fingerprint density at radius 2 is 1.90 bits per heavy atom. The number of nitrogen functional groups attached to an aromatic ring is 1. The lowest BCUT2D eigenvalue weighted by atomic mass is 10.1. The van der Waals surface area contributed by atoms with E-state index in [1.165, 1.54) is 18.2 Å². The van der Waals surface area contributed by atoms with Crippen molar-refractivity contribution in [2.45, 2.75) is 18.9 Å². The van der Waals surface area contributed by atoms with Crippen molar-refractivity contribution in [1.82, 2.24) is 4.90 Å². The lowest BCUT2D eigenvalue weighted by Gasteiger charge is -2.21. The van der Waals surface area contributed by atoms with Crippen LogP contribution in [0.3, 0.4) is 0 Å². The molecule has 0 aromatic heterocycles. The zero-order chi connectivity index (χ0) is 15.7. The Hall–Kier alpha value is -2.90. The van der Waals surface area contributed by atoms with Crippen LogP contribution in [-0.2, 0) is 9.59 Å². The monoisotopic (exact) mass is 291 g/mol. The van der Waals surface area contributed by atoms with E-state index in [0.717, 1.165) is 0 Å². The van der Waals surface area contributed by atoms with Crippen LogP contribution in [0.15, 0.2) is 18.2 Å². The average molecular weight is 291 g/mol. The summed E-state index contributed by atoms with van der Waals surface area (Å²) in [7, 11) is 0. The Bertz CT molecular complexity index is 655. The molecule has 1 aromatic carbocycles. The summed E-state index contributed by atoms with van der Waals surface area (Å²) in [6.45, 7) is 0. The number of imide groups is 1. The number of nitrogens with two attached hydrogens (primary N) is 2. The number of primary amides is 1. The molecule has 1 aliphatic rings. The van der Waals surface area contributed by atoms with Crippen LogP contribution in [0, 0.1) is 0 Å². The number of aliphatic carboxylic acids is 1. The quantitative estimate of drug-likeness (QED) is 0.496. The van der Waals surface area contributed by atoms with Crippen LogP contribution in [0.5, 0.6) is 0 Å². The van der Waals surface area contributed by atoms with Gasteiger partial charge in [0.05, 0.1) is 11.1 Å². The van der Waals surface area contributed by atoms with Gasteiger partial charge in [0.2, 0.25) is 5.91 Å². The third-order valence-corrected chi connectivity index (χ3v) is 3.24. The fraction of sp³-hybridized carbons (Fsp3) is 0.231. The van der Waals surface area contributed by atoms with Crippen molar-refractivity contribution in [3.05, 3.63) is 29.3 Å². The van der Waals surface area contributed by atoms with E-state index in [1.54, 1.807) is 0 Å². The number of fused-ring (bicyclic) bond motifs is 1. The smallest absolute Gasteiger partial charge is 0.326 e. The first-order chi connectivity index (χ1) is 9.84. The van der Waals surface area contributed by atoms with Crippen molar-refractivity contribution >= 4 is 29.4 Å². The number of anilines is 1. The summed E-state index contributed by atoms with van der Waals surface area (Å²) in [5.41, 5.74) is 10.8. The van der Waals surface area contributed by atoms with Crippen LogP contribution in [0.2, 0.25) is 0 Å². The molecule has 21 heavy (non-hydrogen) atoms. The minimum atomic E-state index is -1.45. The van der Waals surface area contributed by atoms with Gasteiger partial charge in [0, 0.05) is 12.1 Å². The highest BCUT2D eigenvalue weighted by molar-refractivity contribution is 6.24. The van der Waals surface area contributed by atoms with Gasteiger partial charge in [0.15, 0.2) is 0 Å². The number of rotatable bonds is 5. The number of carboxylic acids is 1. The van der Waals surface area contributed by atoms with E-state index in [9.17, 15) is 24.3 Å². The molecule has 110 valence electrons. The van der Waals surface area contributed by atoms with Gasteiger partial charge in [0.25, 0.3) is 11.8 Å². The van der Waals surface area contributed by atoms with E-state index in [-0.39, 0.29) is 29.7 Å². The van der Waals surface area contributed by atoms with E-state index < -0.39 is 29.7 Å². The van der Waals surface area contributed by atoms with Crippen LogP contribution < -0.4 is 11.5 Å². The van der Waals surface area contributed by atoms with Crippen molar-refractivity contribution in [3.8, 4) is 0 Å². The van der Waals surface area contributed by atoms with Gasteiger partial charge in [-0.1, -0.05) is 6.07 Å². The molecule has 1 atom stereocenters. The van der Waals surface area contributed by atoms with Crippen LogP contribution in [0.4, 0.5) is 5.69 Å². The molecule has 3 amide bonds. The Labute approximate surface area is 119 Å². The van der Waals surface area contributed by atoms with Gasteiger partial charge in [-0.15, -0.1) is 0 Å². The molecule has 0 unspecified atom stereocenters. The van der Waals surface area contributed by atoms with Gasteiger partial charge in [0.1, 0.15) is 6.04 Å². The lowest BCUT2D eigenvalue weighted by molar-refractivity contribution is -0.141. The van der Waals surface area contributed by atoms with Crippen LogP contribution in [-0.4, -0.2) is 39.7 Å². The minimum absolute atomic E-state index is 0.00664. The van der Waals surface area contributed by atoms with Gasteiger partial charge in [-0.2, -0.15) is 0 Å². The second kappa shape index (κ2) is 5.23. The highest BCUT2D eigenvalue weighted by Crippen LogP contribution is 2.30. The van der Waals surface area contributed by atoms with E-state index in [4.69, 9.17) is 11.5 Å². The van der Waals surface area contributed by atoms with Crippen molar-refractivity contribution in [2.75, 3.05) is 5.73 Å². The zero-order valence-electron chi connectivity index (χ0n) is 10.9. The molecule has 0 saturated heterocycles.